The second-order valence-electron chi connectivity index (χ2n) is 8.75. The number of thiazole rings is 1. The van der Waals surface area contributed by atoms with E-state index < -0.39 is 23.5 Å². The molecule has 2 heterocycles. The third kappa shape index (κ3) is 7.73. The molecule has 0 bridgehead atoms. The third-order valence-corrected chi connectivity index (χ3v) is 6.30. The number of alkyl halides is 1. The summed E-state index contributed by atoms with van der Waals surface area (Å²) in [5.41, 5.74) is 6.27. The van der Waals surface area contributed by atoms with Crippen molar-refractivity contribution < 1.29 is 23.9 Å². The van der Waals surface area contributed by atoms with E-state index in [4.69, 9.17) is 26.8 Å². The molecule has 0 saturated carbocycles. The van der Waals surface area contributed by atoms with E-state index in [1.165, 1.54) is 18.3 Å². The minimum atomic E-state index is -1.17. The quantitative estimate of drug-likeness (QED) is 0.351. The molecule has 0 aromatic carbocycles. The molecule has 1 aromatic rings. The van der Waals surface area contributed by atoms with E-state index in [0.717, 1.165) is 19.3 Å². The zero-order valence-corrected chi connectivity index (χ0v) is 20.1. The molecule has 1 aliphatic heterocycles. The number of aromatic nitrogens is 1. The standard InChI is InChI=1S/C21H32ClN3O5S/c1-13(26)29-10-7-14-5-8-25(9-6-14)19(27)16(20(28)30-21(2,3)4)17(23)18-24-15(11-22)12-31-18/h12,14,16-17H,5-11,23H2,1-4H3/t16-,17?/m0/s1. The highest BCUT2D eigenvalue weighted by molar-refractivity contribution is 7.09. The zero-order chi connectivity index (χ0) is 23.2. The van der Waals surface area contributed by atoms with E-state index in [1.807, 2.05) is 0 Å². The van der Waals surface area contributed by atoms with Gasteiger partial charge in [-0.15, -0.1) is 22.9 Å². The van der Waals surface area contributed by atoms with Crippen LogP contribution in [-0.2, 0) is 29.7 Å². The summed E-state index contributed by atoms with van der Waals surface area (Å²) in [5, 5.41) is 2.25. The van der Waals surface area contributed by atoms with Crippen LogP contribution >= 0.6 is 22.9 Å². The van der Waals surface area contributed by atoms with Crippen molar-refractivity contribution in [3.8, 4) is 0 Å². The Kier molecular flexibility index (Phi) is 9.27. The van der Waals surface area contributed by atoms with Crippen LogP contribution in [0.25, 0.3) is 0 Å². The number of amides is 1. The van der Waals surface area contributed by atoms with Crippen molar-refractivity contribution in [2.75, 3.05) is 19.7 Å². The summed E-state index contributed by atoms with van der Waals surface area (Å²) in [6.07, 6.45) is 2.31. The number of hydrogen-bond donors (Lipinski definition) is 1. The Balaban J connectivity index is 2.09. The van der Waals surface area contributed by atoms with E-state index in [-0.39, 0.29) is 17.8 Å². The van der Waals surface area contributed by atoms with E-state index in [9.17, 15) is 14.4 Å². The lowest BCUT2D eigenvalue weighted by Gasteiger charge is -2.35. The lowest BCUT2D eigenvalue weighted by molar-refractivity contribution is -0.166. The van der Waals surface area contributed by atoms with Gasteiger partial charge in [-0.1, -0.05) is 0 Å². The molecule has 1 fully saturated rings. The molecular formula is C21H32ClN3O5S. The summed E-state index contributed by atoms with van der Waals surface area (Å²) in [4.78, 5) is 43.3. The van der Waals surface area contributed by atoms with Crippen LogP contribution in [0.4, 0.5) is 0 Å². The first-order valence-corrected chi connectivity index (χ1v) is 11.8. The van der Waals surface area contributed by atoms with Crippen molar-refractivity contribution in [2.45, 2.75) is 64.5 Å². The summed E-state index contributed by atoms with van der Waals surface area (Å²) in [6, 6.07) is -0.911. The highest BCUT2D eigenvalue weighted by Gasteiger charge is 2.41. The number of rotatable bonds is 8. The van der Waals surface area contributed by atoms with Gasteiger partial charge >= 0.3 is 11.9 Å². The molecule has 0 spiro atoms. The number of hydrogen-bond acceptors (Lipinski definition) is 8. The lowest BCUT2D eigenvalue weighted by Crippen LogP contribution is -2.48. The molecule has 2 atom stereocenters. The molecule has 8 nitrogen and oxygen atoms in total. The van der Waals surface area contributed by atoms with Crippen LogP contribution in [0.1, 0.15) is 63.7 Å². The molecule has 31 heavy (non-hydrogen) atoms. The summed E-state index contributed by atoms with van der Waals surface area (Å²) >= 11 is 7.12. The van der Waals surface area contributed by atoms with Crippen LogP contribution in [0, 0.1) is 11.8 Å². The number of nitrogens with zero attached hydrogens (tertiary/aromatic N) is 2. The second kappa shape index (κ2) is 11.2. The van der Waals surface area contributed by atoms with E-state index >= 15 is 0 Å². The van der Waals surface area contributed by atoms with Crippen molar-refractivity contribution in [3.63, 3.8) is 0 Å². The number of nitrogens with two attached hydrogens (primary N) is 1. The minimum Gasteiger partial charge on any atom is -0.466 e. The fourth-order valence-corrected chi connectivity index (χ4v) is 4.54. The van der Waals surface area contributed by atoms with E-state index in [0.29, 0.717) is 36.3 Å². The van der Waals surface area contributed by atoms with Gasteiger partial charge in [0.05, 0.1) is 24.2 Å². The summed E-state index contributed by atoms with van der Waals surface area (Å²) < 4.78 is 10.5. The molecule has 0 aliphatic carbocycles. The predicted molar refractivity (Wildman–Crippen MR) is 118 cm³/mol. The van der Waals surface area contributed by atoms with Gasteiger partial charge < -0.3 is 20.1 Å². The van der Waals surface area contributed by atoms with Crippen LogP contribution in [0.2, 0.25) is 0 Å². The molecule has 1 aliphatic rings. The first-order valence-electron chi connectivity index (χ1n) is 10.4. The van der Waals surface area contributed by atoms with Crippen molar-refractivity contribution in [2.24, 2.45) is 17.6 Å². The van der Waals surface area contributed by atoms with E-state index in [2.05, 4.69) is 4.98 Å². The number of esters is 2. The highest BCUT2D eigenvalue weighted by Crippen LogP contribution is 2.30. The fraction of sp³-hybridized carbons (Fsp3) is 0.714. The summed E-state index contributed by atoms with van der Waals surface area (Å²) in [6.45, 7) is 8.05. The largest absolute Gasteiger partial charge is 0.466 e. The highest BCUT2D eigenvalue weighted by atomic mass is 35.5. The van der Waals surface area contributed by atoms with Gasteiger partial charge in [-0.3, -0.25) is 14.4 Å². The SMILES string of the molecule is CC(=O)OCCC1CCN(C(=O)[C@@H](C(=O)OC(C)(C)C)C(N)c2nc(CCl)cs2)CC1. The number of likely N-dealkylation sites (tertiary alicyclic amines) is 1. The maximum atomic E-state index is 13.4. The van der Waals surface area contributed by atoms with Gasteiger partial charge in [0.2, 0.25) is 5.91 Å². The molecule has 2 N–H and O–H groups in total. The van der Waals surface area contributed by atoms with Gasteiger partial charge in [0.15, 0.2) is 5.92 Å². The normalized spacial score (nSPS) is 17.2. The van der Waals surface area contributed by atoms with Crippen molar-refractivity contribution in [1.29, 1.82) is 0 Å². The van der Waals surface area contributed by atoms with Crippen molar-refractivity contribution in [3.05, 3.63) is 16.1 Å². The molecule has 174 valence electrons. The Morgan fingerprint density at radius 1 is 1.32 bits per heavy atom. The number of ether oxygens (including phenoxy) is 2. The average Bonchev–Trinajstić information content (AvgIpc) is 3.16. The Morgan fingerprint density at radius 3 is 2.48 bits per heavy atom. The van der Waals surface area contributed by atoms with Crippen molar-refractivity contribution >= 4 is 40.8 Å². The number of carbonyl (C=O) groups excluding carboxylic acids is 3. The molecular weight excluding hydrogens is 442 g/mol. The zero-order valence-electron chi connectivity index (χ0n) is 18.6. The molecule has 2 rings (SSSR count). The third-order valence-electron chi connectivity index (χ3n) is 5.04. The van der Waals surface area contributed by atoms with Gasteiger partial charge in [-0.2, -0.15) is 0 Å². The van der Waals surface area contributed by atoms with Gasteiger partial charge in [-0.25, -0.2) is 4.98 Å². The van der Waals surface area contributed by atoms with Crippen molar-refractivity contribution in [1.82, 2.24) is 9.88 Å². The molecule has 1 amide bonds. The smallest absolute Gasteiger partial charge is 0.321 e. The summed E-state index contributed by atoms with van der Waals surface area (Å²) in [7, 11) is 0. The number of carbonyl (C=O) groups is 3. The van der Waals surface area contributed by atoms with Crippen LogP contribution in [0.15, 0.2) is 5.38 Å². The Morgan fingerprint density at radius 2 is 1.97 bits per heavy atom. The minimum absolute atomic E-state index is 0.231. The Labute approximate surface area is 192 Å². The first kappa shape index (κ1) is 25.5. The maximum Gasteiger partial charge on any atom is 0.321 e. The van der Waals surface area contributed by atoms with Gasteiger partial charge in [0.1, 0.15) is 10.6 Å². The van der Waals surface area contributed by atoms with Crippen LogP contribution in [0.5, 0.6) is 0 Å². The first-order chi connectivity index (χ1) is 14.5. The molecule has 1 aromatic heterocycles. The molecule has 0 radical (unpaired) electrons. The predicted octanol–water partition coefficient (Wildman–Crippen LogP) is 3.03. The monoisotopic (exact) mass is 473 g/mol. The second-order valence-corrected chi connectivity index (χ2v) is 9.90. The molecule has 1 unspecified atom stereocenters. The Bertz CT molecular complexity index is 771. The number of piperidine rings is 1. The topological polar surface area (TPSA) is 112 Å². The van der Waals surface area contributed by atoms with Gasteiger partial charge in [0.25, 0.3) is 0 Å². The molecule has 10 heteroatoms. The van der Waals surface area contributed by atoms with Gasteiger partial charge in [0, 0.05) is 25.4 Å². The number of halogens is 1. The average molecular weight is 474 g/mol. The van der Waals surface area contributed by atoms with Crippen LogP contribution in [0.3, 0.4) is 0 Å². The summed E-state index contributed by atoms with van der Waals surface area (Å²) in [5.74, 6) is -1.86. The Hall–Kier alpha value is -1.71. The fourth-order valence-electron chi connectivity index (χ4n) is 3.45. The maximum absolute atomic E-state index is 13.4. The van der Waals surface area contributed by atoms with Gasteiger partial charge in [-0.05, 0) is 46.0 Å². The van der Waals surface area contributed by atoms with E-state index in [1.54, 1.807) is 31.1 Å². The molecule has 1 saturated heterocycles. The lowest BCUT2D eigenvalue weighted by atomic mass is 9.91. The van der Waals surface area contributed by atoms with Crippen LogP contribution < -0.4 is 5.73 Å². The van der Waals surface area contributed by atoms with Crippen LogP contribution in [-0.4, -0.2) is 53.0 Å².